The molecule has 0 radical (unpaired) electrons. The second-order valence-corrected chi connectivity index (χ2v) is 4.82. The second kappa shape index (κ2) is 4.53. The molecular weight excluding hydrogens is 244 g/mol. The van der Waals surface area contributed by atoms with Gasteiger partial charge in [0.15, 0.2) is 6.10 Å². The van der Waals surface area contributed by atoms with Crippen LogP contribution in [0.15, 0.2) is 30.3 Å². The van der Waals surface area contributed by atoms with E-state index < -0.39 is 0 Å². The Balaban J connectivity index is 1.95. The third kappa shape index (κ3) is 2.04. The maximum Gasteiger partial charge on any atom is 0.160 e. The average Bonchev–Trinajstić information content (AvgIpc) is 2.81. The van der Waals surface area contributed by atoms with Crippen LogP contribution >= 0.6 is 12.2 Å². The zero-order valence-electron chi connectivity index (χ0n) is 10.1. The van der Waals surface area contributed by atoms with Crippen LogP contribution in [0, 0.1) is 4.64 Å². The fraction of sp³-hybridized carbons (Fsp3) is 0.286. The van der Waals surface area contributed by atoms with Gasteiger partial charge in [0.1, 0.15) is 16.2 Å². The van der Waals surface area contributed by atoms with E-state index in [2.05, 4.69) is 23.0 Å². The SMILES string of the molecule is CCc1cc(=S)nc(C2Cc3ccccc3O2)[nH]1. The quantitative estimate of drug-likeness (QED) is 0.839. The van der Waals surface area contributed by atoms with Gasteiger partial charge in [-0.2, -0.15) is 0 Å². The molecule has 1 aliphatic rings. The molecule has 3 nitrogen and oxygen atoms in total. The Morgan fingerprint density at radius 2 is 2.28 bits per heavy atom. The fourth-order valence-corrected chi connectivity index (χ4v) is 2.45. The summed E-state index contributed by atoms with van der Waals surface area (Å²) in [7, 11) is 0. The molecule has 3 rings (SSSR count). The molecule has 0 saturated heterocycles. The van der Waals surface area contributed by atoms with Crippen molar-refractivity contribution in [2.75, 3.05) is 0 Å². The molecule has 92 valence electrons. The van der Waals surface area contributed by atoms with Crippen molar-refractivity contribution in [2.45, 2.75) is 25.9 Å². The van der Waals surface area contributed by atoms with Crippen LogP contribution in [0.5, 0.6) is 5.75 Å². The topological polar surface area (TPSA) is 37.9 Å². The van der Waals surface area contributed by atoms with Gasteiger partial charge < -0.3 is 9.72 Å². The number of hydrogen-bond donors (Lipinski definition) is 1. The first-order chi connectivity index (χ1) is 8.76. The number of ether oxygens (including phenoxy) is 1. The van der Waals surface area contributed by atoms with E-state index in [4.69, 9.17) is 17.0 Å². The predicted octanol–water partition coefficient (Wildman–Crippen LogP) is 3.38. The zero-order chi connectivity index (χ0) is 12.5. The maximum absolute atomic E-state index is 5.91. The van der Waals surface area contributed by atoms with Crippen molar-refractivity contribution >= 4 is 12.2 Å². The largest absolute Gasteiger partial charge is 0.482 e. The van der Waals surface area contributed by atoms with Crippen molar-refractivity contribution in [3.8, 4) is 5.75 Å². The molecule has 18 heavy (non-hydrogen) atoms. The summed E-state index contributed by atoms with van der Waals surface area (Å²) in [6.07, 6.45) is 1.72. The third-order valence-electron chi connectivity index (χ3n) is 3.15. The smallest absolute Gasteiger partial charge is 0.160 e. The van der Waals surface area contributed by atoms with Crippen LogP contribution < -0.4 is 4.74 Å². The number of aromatic amines is 1. The standard InChI is InChI=1S/C14H14N2OS/c1-2-10-8-13(18)16-14(15-10)12-7-9-5-3-4-6-11(9)17-12/h3-6,8,12H,2,7H2,1H3,(H,15,16,18). The fourth-order valence-electron chi connectivity index (χ4n) is 2.21. The summed E-state index contributed by atoms with van der Waals surface area (Å²) < 4.78 is 6.53. The number of nitrogens with zero attached hydrogens (tertiary/aromatic N) is 1. The van der Waals surface area contributed by atoms with Gasteiger partial charge in [-0.25, -0.2) is 4.98 Å². The van der Waals surface area contributed by atoms with E-state index in [0.717, 1.165) is 30.1 Å². The van der Waals surface area contributed by atoms with Crippen molar-refractivity contribution in [2.24, 2.45) is 0 Å². The number of fused-ring (bicyclic) bond motifs is 1. The number of aromatic nitrogens is 2. The summed E-state index contributed by atoms with van der Waals surface area (Å²) in [5, 5.41) is 0. The van der Waals surface area contributed by atoms with Gasteiger partial charge >= 0.3 is 0 Å². The Morgan fingerprint density at radius 1 is 1.44 bits per heavy atom. The van der Waals surface area contributed by atoms with E-state index in [9.17, 15) is 0 Å². The lowest BCUT2D eigenvalue weighted by Crippen LogP contribution is -2.10. The van der Waals surface area contributed by atoms with E-state index in [1.807, 2.05) is 24.3 Å². The Hall–Kier alpha value is -1.68. The molecule has 0 aliphatic carbocycles. The Morgan fingerprint density at radius 3 is 3.06 bits per heavy atom. The van der Waals surface area contributed by atoms with Crippen molar-refractivity contribution in [3.05, 3.63) is 52.1 Å². The van der Waals surface area contributed by atoms with Gasteiger partial charge in [-0.3, -0.25) is 0 Å². The first-order valence-electron chi connectivity index (χ1n) is 6.11. The zero-order valence-corrected chi connectivity index (χ0v) is 11.0. The summed E-state index contributed by atoms with van der Waals surface area (Å²) in [6.45, 7) is 2.09. The van der Waals surface area contributed by atoms with E-state index in [1.165, 1.54) is 5.56 Å². The minimum absolute atomic E-state index is 0.0457. The molecule has 1 aromatic heterocycles. The number of para-hydroxylation sites is 1. The van der Waals surface area contributed by atoms with Gasteiger partial charge in [0.25, 0.3) is 0 Å². The van der Waals surface area contributed by atoms with Crippen molar-refractivity contribution in [1.29, 1.82) is 0 Å². The Labute approximate surface area is 111 Å². The third-order valence-corrected chi connectivity index (χ3v) is 3.36. The van der Waals surface area contributed by atoms with E-state index >= 15 is 0 Å². The highest BCUT2D eigenvalue weighted by Crippen LogP contribution is 2.34. The molecule has 2 aromatic rings. The molecule has 0 amide bonds. The molecule has 0 saturated carbocycles. The van der Waals surface area contributed by atoms with Crippen LogP contribution in [0.4, 0.5) is 0 Å². The average molecular weight is 258 g/mol. The molecule has 1 unspecified atom stereocenters. The summed E-state index contributed by atoms with van der Waals surface area (Å²) in [6, 6.07) is 10.0. The van der Waals surface area contributed by atoms with Crippen molar-refractivity contribution in [1.82, 2.24) is 9.97 Å². The van der Waals surface area contributed by atoms with Crippen LogP contribution in [0.2, 0.25) is 0 Å². The molecule has 1 aromatic carbocycles. The van der Waals surface area contributed by atoms with Crippen molar-refractivity contribution < 1.29 is 4.74 Å². The number of hydrogen-bond acceptors (Lipinski definition) is 3. The predicted molar refractivity (Wildman–Crippen MR) is 72.3 cm³/mol. The van der Waals surface area contributed by atoms with Crippen LogP contribution in [0.3, 0.4) is 0 Å². The summed E-state index contributed by atoms with van der Waals surface area (Å²) >= 11 is 5.19. The van der Waals surface area contributed by atoms with Crippen LogP contribution in [0.25, 0.3) is 0 Å². The van der Waals surface area contributed by atoms with Gasteiger partial charge in [-0.05, 0) is 24.1 Å². The molecule has 1 atom stereocenters. The highest BCUT2D eigenvalue weighted by Gasteiger charge is 2.25. The summed E-state index contributed by atoms with van der Waals surface area (Å²) in [5.41, 5.74) is 2.33. The number of benzene rings is 1. The summed E-state index contributed by atoms with van der Waals surface area (Å²) in [4.78, 5) is 7.69. The first kappa shape index (κ1) is 11.4. The van der Waals surface area contributed by atoms with Crippen molar-refractivity contribution in [3.63, 3.8) is 0 Å². The maximum atomic E-state index is 5.91. The van der Waals surface area contributed by atoms with Gasteiger partial charge in [0, 0.05) is 12.1 Å². The van der Waals surface area contributed by atoms with Crippen LogP contribution in [-0.2, 0) is 12.8 Å². The number of aryl methyl sites for hydroxylation is 1. The summed E-state index contributed by atoms with van der Waals surface area (Å²) in [5.74, 6) is 1.78. The second-order valence-electron chi connectivity index (χ2n) is 4.40. The molecule has 0 bridgehead atoms. The molecule has 1 N–H and O–H groups in total. The van der Waals surface area contributed by atoms with Gasteiger partial charge in [0.05, 0.1) is 0 Å². The Kier molecular flexibility index (Phi) is 2.88. The van der Waals surface area contributed by atoms with Crippen LogP contribution in [0.1, 0.15) is 30.1 Å². The van der Waals surface area contributed by atoms with E-state index in [-0.39, 0.29) is 6.10 Å². The minimum atomic E-state index is -0.0457. The normalized spacial score (nSPS) is 17.3. The lowest BCUT2D eigenvalue weighted by Gasteiger charge is -2.11. The highest BCUT2D eigenvalue weighted by atomic mass is 32.1. The Bertz CT molecular complexity index is 611. The van der Waals surface area contributed by atoms with Gasteiger partial charge in [-0.1, -0.05) is 37.3 Å². The highest BCUT2D eigenvalue weighted by molar-refractivity contribution is 7.71. The number of nitrogens with one attached hydrogen (secondary N) is 1. The lowest BCUT2D eigenvalue weighted by molar-refractivity contribution is 0.227. The molecule has 0 fully saturated rings. The number of rotatable bonds is 2. The molecular formula is C14H14N2OS. The molecule has 4 heteroatoms. The molecule has 0 spiro atoms. The minimum Gasteiger partial charge on any atom is -0.482 e. The van der Waals surface area contributed by atoms with E-state index in [0.29, 0.717) is 4.64 Å². The molecule has 2 heterocycles. The van der Waals surface area contributed by atoms with Gasteiger partial charge in [0.2, 0.25) is 0 Å². The first-order valence-corrected chi connectivity index (χ1v) is 6.52. The van der Waals surface area contributed by atoms with E-state index in [1.54, 1.807) is 0 Å². The monoisotopic (exact) mass is 258 g/mol. The number of H-pyrrole nitrogens is 1. The van der Waals surface area contributed by atoms with Gasteiger partial charge in [-0.15, -0.1) is 0 Å². The van der Waals surface area contributed by atoms with Crippen LogP contribution in [-0.4, -0.2) is 9.97 Å². The molecule has 1 aliphatic heterocycles. The lowest BCUT2D eigenvalue weighted by atomic mass is 10.1.